The molecule has 1 unspecified atom stereocenters. The van der Waals surface area contributed by atoms with E-state index in [0.717, 1.165) is 51.7 Å². The Hall–Kier alpha value is -0.610. The Morgan fingerprint density at radius 3 is 2.50 bits per heavy atom. The van der Waals surface area contributed by atoms with E-state index >= 15 is 0 Å². The quantitative estimate of drug-likeness (QED) is 0.812. The lowest BCUT2D eigenvalue weighted by Gasteiger charge is -2.33. The van der Waals surface area contributed by atoms with Crippen molar-refractivity contribution < 1.29 is 9.53 Å². The number of carbonyl (C=O) groups is 1. The predicted molar refractivity (Wildman–Crippen MR) is 71.2 cm³/mol. The highest BCUT2D eigenvalue weighted by Gasteiger charge is 2.32. The average Bonchev–Trinajstić information content (AvgIpc) is 2.94. The maximum absolute atomic E-state index is 12.6. The van der Waals surface area contributed by atoms with E-state index in [0.29, 0.717) is 12.6 Å². The van der Waals surface area contributed by atoms with Gasteiger partial charge in [0.1, 0.15) is 6.10 Å². The zero-order valence-corrected chi connectivity index (χ0v) is 11.3. The van der Waals surface area contributed by atoms with Crippen LogP contribution in [0.5, 0.6) is 0 Å². The Morgan fingerprint density at radius 2 is 1.89 bits per heavy atom. The highest BCUT2D eigenvalue weighted by molar-refractivity contribution is 5.81. The molecule has 1 aliphatic carbocycles. The van der Waals surface area contributed by atoms with Gasteiger partial charge in [-0.05, 0) is 45.1 Å². The number of rotatable bonds is 5. The summed E-state index contributed by atoms with van der Waals surface area (Å²) in [5, 5.41) is 0. The molecule has 0 aromatic heterocycles. The molecule has 0 radical (unpaired) electrons. The van der Waals surface area contributed by atoms with E-state index in [2.05, 4.69) is 4.90 Å². The Bertz CT molecular complexity index is 259. The number of nitrogens with two attached hydrogens (primary N) is 1. The van der Waals surface area contributed by atoms with E-state index in [1.807, 2.05) is 0 Å². The van der Waals surface area contributed by atoms with Crippen molar-refractivity contribution in [3.8, 4) is 0 Å². The van der Waals surface area contributed by atoms with Gasteiger partial charge in [-0.15, -0.1) is 0 Å². The molecule has 18 heavy (non-hydrogen) atoms. The lowest BCUT2D eigenvalue weighted by Crippen LogP contribution is -2.47. The molecule has 1 saturated carbocycles. The van der Waals surface area contributed by atoms with Crippen LogP contribution in [0.15, 0.2) is 0 Å². The number of amides is 1. The van der Waals surface area contributed by atoms with Crippen molar-refractivity contribution >= 4 is 5.91 Å². The largest absolute Gasteiger partial charge is 0.368 e. The minimum atomic E-state index is -0.183. The lowest BCUT2D eigenvalue weighted by molar-refractivity contribution is -0.148. The van der Waals surface area contributed by atoms with Crippen LogP contribution in [0.4, 0.5) is 0 Å². The third-order valence-corrected chi connectivity index (χ3v) is 4.11. The van der Waals surface area contributed by atoms with E-state index < -0.39 is 0 Å². The summed E-state index contributed by atoms with van der Waals surface area (Å²) in [6, 6.07) is 0.439. The number of ether oxygens (including phenoxy) is 1. The highest BCUT2D eigenvalue weighted by atomic mass is 16.5. The summed E-state index contributed by atoms with van der Waals surface area (Å²) in [6.45, 7) is 2.20. The minimum Gasteiger partial charge on any atom is -0.368 e. The molecule has 1 amide bonds. The fourth-order valence-electron chi connectivity index (χ4n) is 3.07. The van der Waals surface area contributed by atoms with E-state index in [1.165, 1.54) is 12.8 Å². The van der Waals surface area contributed by atoms with Crippen LogP contribution >= 0.6 is 0 Å². The van der Waals surface area contributed by atoms with Crippen molar-refractivity contribution in [1.82, 2.24) is 4.90 Å². The Balaban J connectivity index is 1.94. The van der Waals surface area contributed by atoms with Crippen LogP contribution in [0.2, 0.25) is 0 Å². The van der Waals surface area contributed by atoms with Gasteiger partial charge in [-0.3, -0.25) is 4.79 Å². The Morgan fingerprint density at radius 1 is 1.17 bits per heavy atom. The van der Waals surface area contributed by atoms with Crippen molar-refractivity contribution in [3.63, 3.8) is 0 Å². The molecule has 0 spiro atoms. The van der Waals surface area contributed by atoms with Crippen LogP contribution in [-0.2, 0) is 9.53 Å². The second-order valence-corrected chi connectivity index (χ2v) is 5.47. The third kappa shape index (κ3) is 3.45. The summed E-state index contributed by atoms with van der Waals surface area (Å²) in [5.41, 5.74) is 5.58. The average molecular weight is 254 g/mol. The molecule has 2 rings (SSSR count). The Kier molecular flexibility index (Phi) is 5.45. The molecule has 0 bridgehead atoms. The monoisotopic (exact) mass is 254 g/mol. The topological polar surface area (TPSA) is 55.6 Å². The van der Waals surface area contributed by atoms with Gasteiger partial charge in [0.25, 0.3) is 5.91 Å². The molecule has 2 fully saturated rings. The first-order valence-corrected chi connectivity index (χ1v) is 7.45. The molecule has 2 N–H and O–H groups in total. The van der Waals surface area contributed by atoms with Gasteiger partial charge in [-0.25, -0.2) is 0 Å². The van der Waals surface area contributed by atoms with Gasteiger partial charge >= 0.3 is 0 Å². The molecule has 1 saturated heterocycles. The first-order chi connectivity index (χ1) is 8.83. The smallest absolute Gasteiger partial charge is 0.251 e. The van der Waals surface area contributed by atoms with Crippen LogP contribution in [0, 0.1) is 0 Å². The molecule has 4 heteroatoms. The van der Waals surface area contributed by atoms with Crippen molar-refractivity contribution in [2.24, 2.45) is 5.73 Å². The lowest BCUT2D eigenvalue weighted by atomic mass is 10.1. The first kappa shape index (κ1) is 13.8. The van der Waals surface area contributed by atoms with E-state index in [-0.39, 0.29) is 12.0 Å². The molecule has 1 atom stereocenters. The normalized spacial score (nSPS) is 25.3. The molecule has 2 aliphatic rings. The van der Waals surface area contributed by atoms with Gasteiger partial charge in [0.15, 0.2) is 0 Å². The standard InChI is InChI=1S/C14H26N2O2/c15-9-5-10-16(12-6-1-2-7-12)14(17)13-8-3-4-11-18-13/h12-13H,1-11,15H2. The van der Waals surface area contributed by atoms with Gasteiger partial charge in [-0.1, -0.05) is 12.8 Å². The van der Waals surface area contributed by atoms with Gasteiger partial charge in [-0.2, -0.15) is 0 Å². The van der Waals surface area contributed by atoms with E-state index in [9.17, 15) is 4.79 Å². The predicted octanol–water partition coefficient (Wildman–Crippen LogP) is 1.68. The van der Waals surface area contributed by atoms with Crippen LogP contribution in [-0.4, -0.2) is 42.6 Å². The van der Waals surface area contributed by atoms with Crippen LogP contribution in [0.25, 0.3) is 0 Å². The summed E-state index contributed by atoms with van der Waals surface area (Å²) in [5.74, 6) is 0.218. The molecule has 1 aliphatic heterocycles. The SMILES string of the molecule is NCCCN(C(=O)C1CCCCO1)C1CCCC1. The number of hydrogen-bond donors (Lipinski definition) is 1. The first-order valence-electron chi connectivity index (χ1n) is 7.45. The zero-order chi connectivity index (χ0) is 12.8. The van der Waals surface area contributed by atoms with E-state index in [4.69, 9.17) is 10.5 Å². The molecular weight excluding hydrogens is 228 g/mol. The van der Waals surface area contributed by atoms with Gasteiger partial charge in [0.05, 0.1) is 0 Å². The van der Waals surface area contributed by atoms with Crippen LogP contribution < -0.4 is 5.73 Å². The molecule has 0 aromatic carbocycles. The van der Waals surface area contributed by atoms with Gasteiger partial charge in [0.2, 0.25) is 0 Å². The number of carbonyl (C=O) groups excluding carboxylic acids is 1. The van der Waals surface area contributed by atoms with Crippen LogP contribution in [0.3, 0.4) is 0 Å². The third-order valence-electron chi connectivity index (χ3n) is 4.11. The highest BCUT2D eigenvalue weighted by Crippen LogP contribution is 2.26. The van der Waals surface area contributed by atoms with Gasteiger partial charge < -0.3 is 15.4 Å². The summed E-state index contributed by atoms with van der Waals surface area (Å²) < 4.78 is 5.64. The molecule has 1 heterocycles. The summed E-state index contributed by atoms with van der Waals surface area (Å²) in [6.07, 6.45) is 8.63. The van der Waals surface area contributed by atoms with Crippen LogP contribution in [0.1, 0.15) is 51.4 Å². The van der Waals surface area contributed by atoms with Crippen molar-refractivity contribution in [1.29, 1.82) is 0 Å². The number of nitrogens with zero attached hydrogens (tertiary/aromatic N) is 1. The summed E-state index contributed by atoms with van der Waals surface area (Å²) in [7, 11) is 0. The van der Waals surface area contributed by atoms with Gasteiger partial charge in [0, 0.05) is 19.2 Å². The van der Waals surface area contributed by atoms with E-state index in [1.54, 1.807) is 0 Å². The minimum absolute atomic E-state index is 0.183. The molecule has 104 valence electrons. The zero-order valence-electron chi connectivity index (χ0n) is 11.3. The summed E-state index contributed by atoms with van der Waals surface area (Å²) in [4.78, 5) is 14.6. The maximum Gasteiger partial charge on any atom is 0.251 e. The fourth-order valence-corrected chi connectivity index (χ4v) is 3.07. The molecule has 0 aromatic rings. The fraction of sp³-hybridized carbons (Fsp3) is 0.929. The summed E-state index contributed by atoms with van der Waals surface area (Å²) >= 11 is 0. The second-order valence-electron chi connectivity index (χ2n) is 5.47. The Labute approximate surface area is 110 Å². The maximum atomic E-state index is 12.6. The molecular formula is C14H26N2O2. The molecule has 4 nitrogen and oxygen atoms in total. The number of hydrogen-bond acceptors (Lipinski definition) is 3. The van der Waals surface area contributed by atoms with Crippen molar-refractivity contribution in [2.75, 3.05) is 19.7 Å². The second kappa shape index (κ2) is 7.10. The van der Waals surface area contributed by atoms with Crippen molar-refractivity contribution in [2.45, 2.75) is 63.5 Å². The van der Waals surface area contributed by atoms with Crippen molar-refractivity contribution in [3.05, 3.63) is 0 Å².